The van der Waals surface area contributed by atoms with Crippen LogP contribution in [-0.4, -0.2) is 59.2 Å². The van der Waals surface area contributed by atoms with Gasteiger partial charge in [-0.05, 0) is 91.4 Å². The summed E-state index contributed by atoms with van der Waals surface area (Å²) in [4.78, 5) is 33.6. The van der Waals surface area contributed by atoms with Gasteiger partial charge in [-0.1, -0.05) is 50.6 Å². The van der Waals surface area contributed by atoms with Gasteiger partial charge in [0.1, 0.15) is 35.4 Å². The van der Waals surface area contributed by atoms with Crippen LogP contribution in [-0.2, 0) is 39.7 Å². The van der Waals surface area contributed by atoms with Crippen LogP contribution >= 0.6 is 11.6 Å². The van der Waals surface area contributed by atoms with Gasteiger partial charge in [-0.15, -0.1) is 0 Å². The van der Waals surface area contributed by atoms with Gasteiger partial charge in [0.15, 0.2) is 5.82 Å². The van der Waals surface area contributed by atoms with Gasteiger partial charge < -0.3 is 14.8 Å². The van der Waals surface area contributed by atoms with Crippen molar-refractivity contribution >= 4 is 55.3 Å². The van der Waals surface area contributed by atoms with Gasteiger partial charge in [0.25, 0.3) is 12.0 Å². The third kappa shape index (κ3) is 10.1. The summed E-state index contributed by atoms with van der Waals surface area (Å²) < 4.78 is 99.1. The van der Waals surface area contributed by atoms with E-state index in [-0.39, 0.29) is 62.7 Å². The third-order valence-corrected chi connectivity index (χ3v) is 11.0. The number of carbonyl (C=O) groups is 1. The molecule has 0 radical (unpaired) electrons. The van der Waals surface area contributed by atoms with E-state index in [9.17, 15) is 30.8 Å². The van der Waals surface area contributed by atoms with Crippen molar-refractivity contribution in [3.63, 3.8) is 0 Å². The number of alkyl carbamates (subject to hydrolysis) is 1. The van der Waals surface area contributed by atoms with Crippen molar-refractivity contribution in [2.75, 3.05) is 17.7 Å². The molecular weight excluding hydrogens is 840 g/mol. The number of sulfonamides is 1. The summed E-state index contributed by atoms with van der Waals surface area (Å²) in [5.41, 5.74) is -0.878. The highest BCUT2D eigenvalue weighted by molar-refractivity contribution is 7.92. The first-order chi connectivity index (χ1) is 28.4. The lowest BCUT2D eigenvalue weighted by Gasteiger charge is -2.26. The van der Waals surface area contributed by atoms with E-state index in [1.54, 1.807) is 63.2 Å². The lowest BCUT2D eigenvalue weighted by atomic mass is 9.86. The minimum absolute atomic E-state index is 0.0662. The average molecular weight is 885 g/mol. The minimum atomic E-state index is -4.20. The van der Waals surface area contributed by atoms with Crippen LogP contribution in [0.1, 0.15) is 70.1 Å². The number of nitrogens with zero attached hydrogens (tertiary/aromatic N) is 5. The van der Waals surface area contributed by atoms with Crippen LogP contribution in [0.5, 0.6) is 5.75 Å². The molecule has 1 amide bonds. The SMILES string of the molecule is COc1ccc(CN(c2nn(CC(F)F)c3c(-n4c([C@H](Cc5cc(F)cc(F)c5)NC(=O)OC(C)(C)C)nc5cc(C(C)(C)C)ccc5c4=O)ccc(Cl)c23)S(C)(=O)=O)cc1. The summed E-state index contributed by atoms with van der Waals surface area (Å²) in [6.45, 7) is 9.40. The van der Waals surface area contributed by atoms with Crippen molar-refractivity contribution in [3.05, 3.63) is 122 Å². The number of fused-ring (bicyclic) bond motifs is 2. The molecule has 12 nitrogen and oxygen atoms in total. The van der Waals surface area contributed by atoms with Gasteiger partial charge in [-0.3, -0.25) is 14.0 Å². The Labute approximate surface area is 355 Å². The second-order valence-electron chi connectivity index (χ2n) is 16.6. The van der Waals surface area contributed by atoms with E-state index in [4.69, 9.17) is 26.1 Å². The molecule has 0 aliphatic rings. The first-order valence-electron chi connectivity index (χ1n) is 19.0. The first kappa shape index (κ1) is 44.9. The van der Waals surface area contributed by atoms with Crippen molar-refractivity contribution in [1.29, 1.82) is 0 Å². The number of alkyl halides is 2. The van der Waals surface area contributed by atoms with Crippen LogP contribution in [0.3, 0.4) is 0 Å². The lowest BCUT2D eigenvalue weighted by molar-refractivity contribution is 0.0500. The summed E-state index contributed by atoms with van der Waals surface area (Å²) in [6, 6.07) is 15.7. The molecule has 18 heteroatoms. The average Bonchev–Trinajstić information content (AvgIpc) is 3.50. The maximum Gasteiger partial charge on any atom is 0.408 e. The van der Waals surface area contributed by atoms with E-state index in [2.05, 4.69) is 10.4 Å². The van der Waals surface area contributed by atoms with Crippen molar-refractivity contribution in [2.45, 2.75) is 84.5 Å². The summed E-state index contributed by atoms with van der Waals surface area (Å²) in [7, 11) is -2.73. The molecule has 2 aromatic heterocycles. The van der Waals surface area contributed by atoms with Gasteiger partial charge in [-0.25, -0.2) is 40.1 Å². The Morgan fingerprint density at radius 3 is 2.16 bits per heavy atom. The maximum atomic E-state index is 15.1. The fourth-order valence-electron chi connectivity index (χ4n) is 6.86. The summed E-state index contributed by atoms with van der Waals surface area (Å²) in [6.07, 6.45) is -3.40. The van der Waals surface area contributed by atoms with Gasteiger partial charge in [-0.2, -0.15) is 5.10 Å². The number of carbonyl (C=O) groups excluding carboxylic acids is 1. The molecule has 6 rings (SSSR count). The molecule has 4 aromatic carbocycles. The molecule has 0 spiro atoms. The summed E-state index contributed by atoms with van der Waals surface area (Å²) in [5, 5.41) is 7.04. The molecule has 1 atom stereocenters. The van der Waals surface area contributed by atoms with Crippen molar-refractivity contribution in [3.8, 4) is 11.4 Å². The third-order valence-electron chi connectivity index (χ3n) is 9.60. The van der Waals surface area contributed by atoms with Gasteiger partial charge in [0, 0.05) is 12.5 Å². The van der Waals surface area contributed by atoms with Crippen LogP contribution in [0.2, 0.25) is 5.02 Å². The Hall–Kier alpha value is -5.68. The van der Waals surface area contributed by atoms with Crippen molar-refractivity contribution < 1.29 is 40.2 Å². The molecule has 61 heavy (non-hydrogen) atoms. The number of rotatable bonds is 12. The smallest absolute Gasteiger partial charge is 0.408 e. The topological polar surface area (TPSA) is 138 Å². The van der Waals surface area contributed by atoms with Crippen LogP contribution in [0.4, 0.5) is 28.2 Å². The van der Waals surface area contributed by atoms with Gasteiger partial charge >= 0.3 is 6.09 Å². The van der Waals surface area contributed by atoms with E-state index in [0.29, 0.717) is 17.4 Å². The van der Waals surface area contributed by atoms with Crippen LogP contribution in [0.15, 0.2) is 77.6 Å². The predicted molar refractivity (Wildman–Crippen MR) is 227 cm³/mol. The summed E-state index contributed by atoms with van der Waals surface area (Å²) >= 11 is 6.85. The number of hydrogen-bond donors (Lipinski definition) is 1. The molecule has 6 aromatic rings. The highest BCUT2D eigenvalue weighted by Gasteiger charge is 2.32. The molecule has 1 N–H and O–H groups in total. The van der Waals surface area contributed by atoms with Crippen LogP contribution < -0.4 is 19.9 Å². The number of benzene rings is 4. The fourth-order valence-corrected chi connectivity index (χ4v) is 7.93. The number of methoxy groups -OCH3 is 1. The Morgan fingerprint density at radius 1 is 0.934 bits per heavy atom. The number of anilines is 1. The maximum absolute atomic E-state index is 15.1. The highest BCUT2D eigenvalue weighted by atomic mass is 35.5. The van der Waals surface area contributed by atoms with Crippen LogP contribution in [0.25, 0.3) is 27.5 Å². The van der Waals surface area contributed by atoms with Crippen molar-refractivity contribution in [2.24, 2.45) is 0 Å². The second kappa shape index (κ2) is 17.0. The lowest BCUT2D eigenvalue weighted by Crippen LogP contribution is -2.39. The number of hydrogen-bond acceptors (Lipinski definition) is 8. The molecule has 0 unspecified atom stereocenters. The number of halogens is 5. The molecule has 0 saturated carbocycles. The Balaban J connectivity index is 1.71. The van der Waals surface area contributed by atoms with E-state index >= 15 is 4.79 Å². The van der Waals surface area contributed by atoms with Crippen molar-refractivity contribution in [1.82, 2.24) is 24.6 Å². The quantitative estimate of drug-likeness (QED) is 0.120. The zero-order valence-corrected chi connectivity index (χ0v) is 36.3. The second-order valence-corrected chi connectivity index (χ2v) is 18.9. The Morgan fingerprint density at radius 2 is 1.59 bits per heavy atom. The molecular formula is C43H45ClF4N6O6S. The molecule has 0 saturated heterocycles. The van der Waals surface area contributed by atoms with Gasteiger partial charge in [0.2, 0.25) is 10.0 Å². The van der Waals surface area contributed by atoms with E-state index in [1.165, 1.54) is 19.2 Å². The fraction of sp³-hybridized carbons (Fsp3) is 0.349. The van der Waals surface area contributed by atoms with E-state index in [0.717, 1.165) is 37.5 Å². The van der Waals surface area contributed by atoms with E-state index < -0.39 is 63.3 Å². The molecule has 0 bridgehead atoms. The molecule has 2 heterocycles. The molecule has 0 fully saturated rings. The predicted octanol–water partition coefficient (Wildman–Crippen LogP) is 9.01. The number of ether oxygens (including phenoxy) is 2. The number of amides is 1. The molecule has 324 valence electrons. The number of aromatic nitrogens is 4. The van der Waals surface area contributed by atoms with Crippen LogP contribution in [0, 0.1) is 11.6 Å². The number of nitrogens with one attached hydrogen (secondary N) is 1. The standard InChI is InChI=1S/C43H45ClF4N6O6S/c1-42(2,3)26-11-14-30-32(20-26)49-38(33(50-41(56)60-43(4,5)6)19-25-17-27(45)21-28(46)18-25)54(40(30)55)34-16-15-31(44)36-37(34)52(23-35(47)48)51-39(36)53(61(8,57)58)22-24-9-12-29(59-7)13-10-24/h9-18,20-21,33,35H,19,22-23H2,1-8H3,(H,50,56)/t33-/m0/s1. The molecule has 0 aliphatic heterocycles. The monoisotopic (exact) mass is 884 g/mol. The highest BCUT2D eigenvalue weighted by Crippen LogP contribution is 2.39. The molecule has 0 aliphatic carbocycles. The van der Waals surface area contributed by atoms with E-state index in [1.807, 2.05) is 20.8 Å². The summed E-state index contributed by atoms with van der Waals surface area (Å²) in [5.74, 6) is -1.80. The Kier molecular flexibility index (Phi) is 12.5. The largest absolute Gasteiger partial charge is 0.497 e. The normalized spacial score (nSPS) is 12.9. The minimum Gasteiger partial charge on any atom is -0.497 e. The van der Waals surface area contributed by atoms with Gasteiger partial charge in [0.05, 0.1) is 58.5 Å². The first-order valence-corrected chi connectivity index (χ1v) is 21.3. The zero-order valence-electron chi connectivity index (χ0n) is 34.7. The zero-order chi connectivity index (χ0) is 44.8. The Bertz CT molecular complexity index is 2780.